The zero-order valence-corrected chi connectivity index (χ0v) is 26.2. The normalized spacial score (nSPS) is 11.0. The van der Waals surface area contributed by atoms with Gasteiger partial charge in [-0.3, -0.25) is 0 Å². The second-order valence-electron chi connectivity index (χ2n) is 9.30. The first-order chi connectivity index (χ1) is 22.2. The molecule has 0 radical (unpaired) electrons. The Morgan fingerprint density at radius 1 is 0.511 bits per heavy atom. The van der Waals surface area contributed by atoms with E-state index in [0.29, 0.717) is 125 Å². The number of hydrogen-bond acceptors (Lipinski definition) is 12. The SMILES string of the molecule is Nc1ccc(OCCOCCOCCOCCOCCOCCOCCOCCOCCNC(=O)OCc2ccccc2)cc1. The Kier molecular flexibility index (Phi) is 24.1. The Balaban J connectivity index is 1.17. The third kappa shape index (κ3) is 24.0. The van der Waals surface area contributed by atoms with Gasteiger partial charge in [-0.05, 0) is 29.8 Å². The van der Waals surface area contributed by atoms with Crippen molar-refractivity contribution in [2.24, 2.45) is 0 Å². The molecule has 0 aliphatic heterocycles. The van der Waals surface area contributed by atoms with Gasteiger partial charge in [0.05, 0.1) is 106 Å². The zero-order valence-electron chi connectivity index (χ0n) is 26.2. The maximum Gasteiger partial charge on any atom is 0.407 e. The molecule has 2 aromatic rings. The summed E-state index contributed by atoms with van der Waals surface area (Å²) in [7, 11) is 0. The van der Waals surface area contributed by atoms with Crippen LogP contribution in [0.3, 0.4) is 0 Å². The Labute approximate surface area is 266 Å². The Morgan fingerprint density at radius 3 is 1.36 bits per heavy atom. The fourth-order valence-electron chi connectivity index (χ4n) is 3.42. The minimum absolute atomic E-state index is 0.238. The highest BCUT2D eigenvalue weighted by molar-refractivity contribution is 5.67. The van der Waals surface area contributed by atoms with E-state index in [0.717, 1.165) is 11.3 Å². The fourth-order valence-corrected chi connectivity index (χ4v) is 3.42. The second kappa shape index (κ2) is 28.5. The fraction of sp³-hybridized carbons (Fsp3) is 0.594. The van der Waals surface area contributed by atoms with Gasteiger partial charge in [-0.25, -0.2) is 4.79 Å². The smallest absolute Gasteiger partial charge is 0.407 e. The van der Waals surface area contributed by atoms with E-state index in [-0.39, 0.29) is 6.61 Å². The lowest BCUT2D eigenvalue weighted by molar-refractivity contribution is -0.0235. The van der Waals surface area contributed by atoms with Crippen LogP contribution in [0.15, 0.2) is 54.6 Å². The average molecular weight is 639 g/mol. The van der Waals surface area contributed by atoms with E-state index in [4.69, 9.17) is 53.1 Å². The quantitative estimate of drug-likeness (QED) is 0.0958. The lowest BCUT2D eigenvalue weighted by Gasteiger charge is -2.09. The first-order valence-corrected chi connectivity index (χ1v) is 15.3. The first-order valence-electron chi connectivity index (χ1n) is 15.3. The monoisotopic (exact) mass is 638 g/mol. The molecule has 13 nitrogen and oxygen atoms in total. The lowest BCUT2D eigenvalue weighted by atomic mass is 10.2. The van der Waals surface area contributed by atoms with Crippen LogP contribution in [0.1, 0.15) is 5.56 Å². The van der Waals surface area contributed by atoms with Gasteiger partial charge in [-0.1, -0.05) is 30.3 Å². The molecule has 1 amide bonds. The molecule has 0 saturated heterocycles. The van der Waals surface area contributed by atoms with Crippen molar-refractivity contribution in [1.29, 1.82) is 0 Å². The highest BCUT2D eigenvalue weighted by Gasteiger charge is 2.02. The standard InChI is InChI=1S/C32H50N2O11/c33-30-6-8-31(9-7-30)44-27-26-43-25-24-42-23-22-41-21-20-40-19-18-39-17-16-38-15-14-37-13-12-36-11-10-34-32(35)45-28-29-4-2-1-3-5-29/h1-9H,10-28,33H2,(H,34,35). The van der Waals surface area contributed by atoms with Gasteiger partial charge in [-0.15, -0.1) is 0 Å². The predicted molar refractivity (Wildman–Crippen MR) is 168 cm³/mol. The third-order valence-electron chi connectivity index (χ3n) is 5.71. The number of ether oxygens (including phenoxy) is 10. The summed E-state index contributed by atoms with van der Waals surface area (Å²) < 4.78 is 54.3. The molecule has 0 bridgehead atoms. The molecule has 0 aliphatic rings. The number of rotatable bonds is 30. The molecule has 45 heavy (non-hydrogen) atoms. The number of hydrogen-bond donors (Lipinski definition) is 2. The van der Waals surface area contributed by atoms with Crippen LogP contribution in [0, 0.1) is 0 Å². The van der Waals surface area contributed by atoms with Gasteiger partial charge < -0.3 is 58.4 Å². The number of anilines is 1. The van der Waals surface area contributed by atoms with E-state index in [1.807, 2.05) is 42.5 Å². The minimum atomic E-state index is -0.469. The van der Waals surface area contributed by atoms with Crippen LogP contribution >= 0.6 is 0 Å². The van der Waals surface area contributed by atoms with Gasteiger partial charge in [0.1, 0.15) is 19.0 Å². The molecule has 0 atom stereocenters. The molecular weight excluding hydrogens is 588 g/mol. The molecule has 0 fully saturated rings. The number of alkyl carbamates (subject to hydrolysis) is 1. The Hall–Kier alpha value is -3.01. The van der Waals surface area contributed by atoms with E-state index in [1.165, 1.54) is 0 Å². The first kappa shape index (κ1) is 38.2. The maximum atomic E-state index is 11.6. The number of nitrogens with one attached hydrogen (secondary N) is 1. The molecule has 0 unspecified atom stereocenters. The largest absolute Gasteiger partial charge is 0.491 e. The van der Waals surface area contributed by atoms with Crippen LogP contribution in [-0.4, -0.2) is 125 Å². The maximum absolute atomic E-state index is 11.6. The van der Waals surface area contributed by atoms with E-state index < -0.39 is 6.09 Å². The highest BCUT2D eigenvalue weighted by atomic mass is 16.6. The van der Waals surface area contributed by atoms with Crippen molar-refractivity contribution in [3.8, 4) is 5.75 Å². The second-order valence-corrected chi connectivity index (χ2v) is 9.30. The van der Waals surface area contributed by atoms with Crippen molar-refractivity contribution in [1.82, 2.24) is 5.32 Å². The van der Waals surface area contributed by atoms with E-state index in [2.05, 4.69) is 5.32 Å². The van der Waals surface area contributed by atoms with Crippen LogP contribution < -0.4 is 15.8 Å². The molecule has 0 aromatic heterocycles. The molecule has 0 heterocycles. The molecule has 13 heteroatoms. The summed E-state index contributed by atoms with van der Waals surface area (Å²) in [6.07, 6.45) is -0.469. The summed E-state index contributed by atoms with van der Waals surface area (Å²) in [5, 5.41) is 2.64. The summed E-state index contributed by atoms with van der Waals surface area (Å²) in [5.41, 5.74) is 7.28. The average Bonchev–Trinajstić information content (AvgIpc) is 3.06. The Bertz CT molecular complexity index is 938. The molecule has 254 valence electrons. The number of carbonyl (C=O) groups is 1. The Morgan fingerprint density at radius 2 is 0.911 bits per heavy atom. The predicted octanol–water partition coefficient (Wildman–Crippen LogP) is 2.71. The molecule has 0 aliphatic carbocycles. The zero-order chi connectivity index (χ0) is 31.9. The van der Waals surface area contributed by atoms with Crippen molar-refractivity contribution in [2.45, 2.75) is 6.61 Å². The van der Waals surface area contributed by atoms with Gasteiger partial charge in [0.15, 0.2) is 0 Å². The molecule has 3 N–H and O–H groups in total. The summed E-state index contributed by atoms with van der Waals surface area (Å²) in [6.45, 7) is 8.72. The van der Waals surface area contributed by atoms with Gasteiger partial charge in [0.25, 0.3) is 0 Å². The van der Waals surface area contributed by atoms with Crippen molar-refractivity contribution in [2.75, 3.05) is 125 Å². The lowest BCUT2D eigenvalue weighted by Crippen LogP contribution is -2.28. The topological polar surface area (TPSA) is 147 Å². The molecule has 2 aromatic carbocycles. The van der Waals surface area contributed by atoms with E-state index in [9.17, 15) is 4.79 Å². The van der Waals surface area contributed by atoms with Crippen molar-refractivity contribution < 1.29 is 52.2 Å². The third-order valence-corrected chi connectivity index (χ3v) is 5.71. The van der Waals surface area contributed by atoms with Crippen molar-refractivity contribution in [3.05, 3.63) is 60.2 Å². The summed E-state index contributed by atoms with van der Waals surface area (Å²) in [6, 6.07) is 16.8. The molecule has 0 saturated carbocycles. The van der Waals surface area contributed by atoms with E-state index >= 15 is 0 Å². The number of nitrogens with two attached hydrogens (primary N) is 1. The number of carbonyl (C=O) groups excluding carboxylic acids is 1. The highest BCUT2D eigenvalue weighted by Crippen LogP contribution is 2.12. The molecular formula is C32H50N2O11. The van der Waals surface area contributed by atoms with Crippen LogP contribution in [0.4, 0.5) is 10.5 Å². The van der Waals surface area contributed by atoms with Gasteiger partial charge >= 0.3 is 6.09 Å². The molecule has 2 rings (SSSR count). The summed E-state index contributed by atoms with van der Waals surface area (Å²) >= 11 is 0. The van der Waals surface area contributed by atoms with Gasteiger partial charge in [0, 0.05) is 12.2 Å². The van der Waals surface area contributed by atoms with Crippen molar-refractivity contribution >= 4 is 11.8 Å². The minimum Gasteiger partial charge on any atom is -0.491 e. The van der Waals surface area contributed by atoms with Crippen LogP contribution in [0.25, 0.3) is 0 Å². The van der Waals surface area contributed by atoms with Crippen LogP contribution in [-0.2, 0) is 49.2 Å². The van der Waals surface area contributed by atoms with Crippen LogP contribution in [0.2, 0.25) is 0 Å². The number of benzene rings is 2. The van der Waals surface area contributed by atoms with Crippen LogP contribution in [0.5, 0.6) is 5.75 Å². The number of amides is 1. The van der Waals surface area contributed by atoms with E-state index in [1.54, 1.807) is 12.1 Å². The van der Waals surface area contributed by atoms with Gasteiger partial charge in [-0.2, -0.15) is 0 Å². The van der Waals surface area contributed by atoms with Crippen molar-refractivity contribution in [3.63, 3.8) is 0 Å². The van der Waals surface area contributed by atoms with Gasteiger partial charge in [0.2, 0.25) is 0 Å². The molecule has 0 spiro atoms. The summed E-state index contributed by atoms with van der Waals surface area (Å²) in [4.78, 5) is 11.6. The number of nitrogen functional groups attached to an aromatic ring is 1. The summed E-state index contributed by atoms with van der Waals surface area (Å²) in [5.74, 6) is 0.768.